The average Bonchev–Trinajstić information content (AvgIpc) is 3.04. The van der Waals surface area contributed by atoms with Gasteiger partial charge in [-0.05, 0) is 48.5 Å². The van der Waals surface area contributed by atoms with Crippen LogP contribution in [0.4, 0.5) is 5.69 Å². The van der Waals surface area contributed by atoms with E-state index in [0.717, 1.165) is 47.0 Å². The molecule has 6 nitrogen and oxygen atoms in total. The van der Waals surface area contributed by atoms with E-state index in [4.69, 9.17) is 4.74 Å². The fraction of sp³-hybridized carbons (Fsp3) is 0.304. The van der Waals surface area contributed by atoms with Crippen LogP contribution in [0.5, 0.6) is 5.75 Å². The third-order valence-electron chi connectivity index (χ3n) is 5.44. The molecule has 150 valence electrons. The number of benzene rings is 2. The summed E-state index contributed by atoms with van der Waals surface area (Å²) in [7, 11) is 5.65. The summed E-state index contributed by atoms with van der Waals surface area (Å²) in [6, 6.07) is 15.8. The molecule has 0 aliphatic carbocycles. The molecular formula is C23H26N4O2. The van der Waals surface area contributed by atoms with Crippen molar-refractivity contribution in [2.75, 3.05) is 39.2 Å². The fourth-order valence-corrected chi connectivity index (χ4v) is 3.71. The monoisotopic (exact) mass is 390 g/mol. The van der Waals surface area contributed by atoms with Crippen molar-refractivity contribution in [3.63, 3.8) is 0 Å². The highest BCUT2D eigenvalue weighted by Crippen LogP contribution is 2.25. The number of methoxy groups -OCH3 is 1. The summed E-state index contributed by atoms with van der Waals surface area (Å²) >= 11 is 0. The van der Waals surface area contributed by atoms with Gasteiger partial charge in [0.1, 0.15) is 11.6 Å². The number of carbonyl (C=O) groups excluding carboxylic acids is 1. The normalized spacial score (nSPS) is 13.6. The lowest BCUT2D eigenvalue weighted by Gasteiger charge is -2.21. The van der Waals surface area contributed by atoms with Gasteiger partial charge in [0.05, 0.1) is 19.0 Å². The molecule has 0 unspecified atom stereocenters. The van der Waals surface area contributed by atoms with Crippen molar-refractivity contribution in [1.82, 2.24) is 14.5 Å². The molecule has 6 heteroatoms. The third kappa shape index (κ3) is 3.83. The van der Waals surface area contributed by atoms with E-state index in [1.807, 2.05) is 78.6 Å². The second kappa shape index (κ2) is 7.99. The van der Waals surface area contributed by atoms with Gasteiger partial charge >= 0.3 is 0 Å². The van der Waals surface area contributed by atoms with Crippen molar-refractivity contribution >= 4 is 11.6 Å². The first-order chi connectivity index (χ1) is 14.1. The van der Waals surface area contributed by atoms with Gasteiger partial charge in [0.2, 0.25) is 0 Å². The van der Waals surface area contributed by atoms with Crippen LogP contribution in [-0.2, 0) is 13.0 Å². The molecule has 3 aromatic rings. The molecule has 1 aliphatic heterocycles. The van der Waals surface area contributed by atoms with E-state index < -0.39 is 0 Å². The van der Waals surface area contributed by atoms with Crippen LogP contribution in [0.25, 0.3) is 11.3 Å². The zero-order valence-electron chi connectivity index (χ0n) is 17.1. The molecule has 1 aromatic heterocycles. The van der Waals surface area contributed by atoms with Gasteiger partial charge in [-0.1, -0.05) is 0 Å². The lowest BCUT2D eigenvalue weighted by atomic mass is 10.1. The number of fused-ring (bicyclic) bond motifs is 1. The predicted octanol–water partition coefficient (Wildman–Crippen LogP) is 3.32. The second-order valence-corrected chi connectivity index (χ2v) is 7.42. The van der Waals surface area contributed by atoms with Crippen molar-refractivity contribution in [3.05, 3.63) is 66.1 Å². The summed E-state index contributed by atoms with van der Waals surface area (Å²) in [6.45, 7) is 2.08. The number of anilines is 1. The Morgan fingerprint density at radius 2 is 1.72 bits per heavy atom. The summed E-state index contributed by atoms with van der Waals surface area (Å²) in [5.74, 6) is 1.93. The van der Waals surface area contributed by atoms with E-state index in [-0.39, 0.29) is 5.91 Å². The summed E-state index contributed by atoms with van der Waals surface area (Å²) in [5.41, 5.74) is 3.99. The van der Waals surface area contributed by atoms with Gasteiger partial charge in [-0.25, -0.2) is 4.98 Å². The first-order valence-corrected chi connectivity index (χ1v) is 9.82. The molecule has 0 atom stereocenters. The van der Waals surface area contributed by atoms with Crippen molar-refractivity contribution in [2.45, 2.75) is 13.0 Å². The first-order valence-electron chi connectivity index (χ1n) is 9.82. The van der Waals surface area contributed by atoms with Crippen LogP contribution in [-0.4, -0.2) is 54.7 Å². The Kier molecular flexibility index (Phi) is 5.25. The lowest BCUT2D eigenvalue weighted by Crippen LogP contribution is -2.33. The molecule has 1 aliphatic rings. The molecule has 4 rings (SSSR count). The van der Waals surface area contributed by atoms with Crippen molar-refractivity contribution in [2.24, 2.45) is 0 Å². The van der Waals surface area contributed by atoms with E-state index in [1.54, 1.807) is 7.11 Å². The SMILES string of the molecule is COc1ccc(-c2cnc3n2CCN(C(=O)c2ccc(N(C)C)cc2)CC3)cc1. The number of hydrogen-bond acceptors (Lipinski definition) is 4. The summed E-state index contributed by atoms with van der Waals surface area (Å²) < 4.78 is 7.48. The standard InChI is InChI=1S/C23H26N4O2/c1-25(2)19-8-4-18(5-9-19)23(28)26-13-12-22-24-16-21(27(22)15-14-26)17-6-10-20(29-3)11-7-17/h4-11,16H,12-15H2,1-3H3. The molecule has 0 bridgehead atoms. The zero-order chi connectivity index (χ0) is 20.4. The Labute approximate surface area is 171 Å². The Bertz CT molecular complexity index is 991. The fourth-order valence-electron chi connectivity index (χ4n) is 3.71. The Morgan fingerprint density at radius 3 is 2.38 bits per heavy atom. The smallest absolute Gasteiger partial charge is 0.253 e. The van der Waals surface area contributed by atoms with Gasteiger partial charge in [-0.15, -0.1) is 0 Å². The maximum Gasteiger partial charge on any atom is 0.253 e. The van der Waals surface area contributed by atoms with E-state index in [2.05, 4.69) is 9.55 Å². The highest BCUT2D eigenvalue weighted by molar-refractivity contribution is 5.94. The molecule has 2 heterocycles. The quantitative estimate of drug-likeness (QED) is 0.686. The van der Waals surface area contributed by atoms with E-state index in [9.17, 15) is 4.79 Å². The van der Waals surface area contributed by atoms with E-state index in [0.29, 0.717) is 13.1 Å². The minimum Gasteiger partial charge on any atom is -0.497 e. The third-order valence-corrected chi connectivity index (χ3v) is 5.44. The summed E-state index contributed by atoms with van der Waals surface area (Å²) in [4.78, 5) is 21.6. The number of nitrogens with zero attached hydrogens (tertiary/aromatic N) is 4. The molecule has 29 heavy (non-hydrogen) atoms. The average molecular weight is 390 g/mol. The van der Waals surface area contributed by atoms with E-state index in [1.165, 1.54) is 0 Å². The molecular weight excluding hydrogens is 364 g/mol. The van der Waals surface area contributed by atoms with E-state index >= 15 is 0 Å². The van der Waals surface area contributed by atoms with Gasteiger partial charge < -0.3 is 19.1 Å². The van der Waals surface area contributed by atoms with Crippen LogP contribution < -0.4 is 9.64 Å². The van der Waals surface area contributed by atoms with Gasteiger partial charge in [0.25, 0.3) is 5.91 Å². The molecule has 2 aromatic carbocycles. The number of carbonyl (C=O) groups is 1. The number of rotatable bonds is 4. The van der Waals surface area contributed by atoms with Crippen LogP contribution in [0.1, 0.15) is 16.2 Å². The largest absolute Gasteiger partial charge is 0.497 e. The second-order valence-electron chi connectivity index (χ2n) is 7.42. The highest BCUT2D eigenvalue weighted by Gasteiger charge is 2.22. The Morgan fingerprint density at radius 1 is 1.00 bits per heavy atom. The number of imidazole rings is 1. The van der Waals surface area contributed by atoms with Crippen LogP contribution in [0.15, 0.2) is 54.7 Å². The summed E-state index contributed by atoms with van der Waals surface area (Å²) in [5, 5.41) is 0. The molecule has 0 radical (unpaired) electrons. The van der Waals surface area contributed by atoms with Crippen LogP contribution in [0, 0.1) is 0 Å². The van der Waals surface area contributed by atoms with Crippen molar-refractivity contribution in [3.8, 4) is 17.0 Å². The maximum absolute atomic E-state index is 13.0. The number of aromatic nitrogens is 2. The Hall–Kier alpha value is -3.28. The topological polar surface area (TPSA) is 50.6 Å². The Balaban J connectivity index is 1.51. The minimum atomic E-state index is 0.0760. The van der Waals surface area contributed by atoms with Crippen LogP contribution >= 0.6 is 0 Å². The molecule has 0 N–H and O–H groups in total. The van der Waals surface area contributed by atoms with Gasteiger partial charge in [-0.3, -0.25) is 4.79 Å². The maximum atomic E-state index is 13.0. The van der Waals surface area contributed by atoms with Crippen molar-refractivity contribution in [1.29, 1.82) is 0 Å². The predicted molar refractivity (Wildman–Crippen MR) is 115 cm³/mol. The molecule has 0 fully saturated rings. The molecule has 0 spiro atoms. The molecule has 1 amide bonds. The van der Waals surface area contributed by atoms with Gasteiger partial charge in [0, 0.05) is 57.0 Å². The van der Waals surface area contributed by atoms with Crippen LogP contribution in [0.2, 0.25) is 0 Å². The molecule has 0 saturated heterocycles. The number of ether oxygens (including phenoxy) is 1. The number of hydrogen-bond donors (Lipinski definition) is 0. The minimum absolute atomic E-state index is 0.0760. The summed E-state index contributed by atoms with van der Waals surface area (Å²) in [6.07, 6.45) is 2.67. The van der Waals surface area contributed by atoms with Gasteiger partial charge in [0.15, 0.2) is 0 Å². The molecule has 0 saturated carbocycles. The first kappa shape index (κ1) is 19.1. The van der Waals surface area contributed by atoms with Gasteiger partial charge in [-0.2, -0.15) is 0 Å². The highest BCUT2D eigenvalue weighted by atomic mass is 16.5. The van der Waals surface area contributed by atoms with Crippen LogP contribution in [0.3, 0.4) is 0 Å². The lowest BCUT2D eigenvalue weighted by molar-refractivity contribution is 0.0759. The number of amides is 1. The zero-order valence-corrected chi connectivity index (χ0v) is 17.1. The van der Waals surface area contributed by atoms with Crippen molar-refractivity contribution < 1.29 is 9.53 Å².